The molecule has 6 rings (SSSR count). The molecule has 1 atom stereocenters. The molecule has 1 saturated heterocycles. The highest BCUT2D eigenvalue weighted by atomic mass is 16.2. The Morgan fingerprint density at radius 1 is 1.02 bits per heavy atom. The van der Waals surface area contributed by atoms with Crippen molar-refractivity contribution < 1.29 is 19.2 Å². The van der Waals surface area contributed by atoms with E-state index in [0.29, 0.717) is 44.0 Å². The molecule has 10 heteroatoms. The van der Waals surface area contributed by atoms with Gasteiger partial charge in [0.15, 0.2) is 0 Å². The number of hydrogen-bond donors (Lipinski definition) is 3. The Labute approximate surface area is 250 Å². The van der Waals surface area contributed by atoms with Gasteiger partial charge in [-0.05, 0) is 67.3 Å². The highest BCUT2D eigenvalue weighted by Gasteiger charge is 2.51. The second kappa shape index (κ2) is 10.9. The minimum absolute atomic E-state index is 0.0523. The third kappa shape index (κ3) is 5.16. The molecule has 0 unspecified atom stereocenters. The first-order chi connectivity index (χ1) is 20.6. The number of benzene rings is 2. The first-order valence-electron chi connectivity index (χ1n) is 14.6. The van der Waals surface area contributed by atoms with E-state index in [0.717, 1.165) is 27.8 Å². The average molecular weight is 581 g/mol. The molecule has 1 aromatic heterocycles. The van der Waals surface area contributed by atoms with Gasteiger partial charge in [-0.2, -0.15) is 0 Å². The zero-order valence-corrected chi connectivity index (χ0v) is 24.7. The Morgan fingerprint density at radius 3 is 2.51 bits per heavy atom. The van der Waals surface area contributed by atoms with Crippen molar-refractivity contribution in [3.63, 3.8) is 0 Å². The molecule has 1 spiro atoms. The van der Waals surface area contributed by atoms with Crippen LogP contribution in [0.2, 0.25) is 0 Å². The fraction of sp³-hybridized carbons (Fsp3) is 0.364. The number of hydrogen-bond acceptors (Lipinski definition) is 6. The lowest BCUT2D eigenvalue weighted by Gasteiger charge is -2.48. The molecule has 43 heavy (non-hydrogen) atoms. The Hall–Kier alpha value is -4.57. The van der Waals surface area contributed by atoms with Crippen LogP contribution in [-0.4, -0.2) is 65.1 Å². The highest BCUT2D eigenvalue weighted by Crippen LogP contribution is 2.47. The van der Waals surface area contributed by atoms with E-state index < -0.39 is 10.8 Å². The van der Waals surface area contributed by atoms with E-state index in [2.05, 4.69) is 20.9 Å². The number of nitrogens with zero attached hydrogens (tertiary/aromatic N) is 3. The number of carbonyl (C=O) groups excluding carboxylic acids is 4. The van der Waals surface area contributed by atoms with Crippen molar-refractivity contribution in [2.24, 2.45) is 5.41 Å². The Morgan fingerprint density at radius 2 is 1.77 bits per heavy atom. The summed E-state index contributed by atoms with van der Waals surface area (Å²) in [7, 11) is 1.87. The van der Waals surface area contributed by atoms with Crippen LogP contribution in [0, 0.1) is 5.41 Å². The molecule has 3 N–H and O–H groups in total. The van der Waals surface area contributed by atoms with Crippen LogP contribution >= 0.6 is 0 Å². The first-order valence-corrected chi connectivity index (χ1v) is 14.6. The quantitative estimate of drug-likeness (QED) is 0.377. The summed E-state index contributed by atoms with van der Waals surface area (Å²) in [4.78, 5) is 59.8. The van der Waals surface area contributed by atoms with E-state index in [1.165, 1.54) is 6.92 Å². The zero-order chi connectivity index (χ0) is 30.4. The summed E-state index contributed by atoms with van der Waals surface area (Å²) < 4.78 is 0. The van der Waals surface area contributed by atoms with E-state index >= 15 is 0 Å². The molecule has 0 saturated carbocycles. The van der Waals surface area contributed by atoms with Crippen LogP contribution in [0.15, 0.2) is 60.8 Å². The second-order valence-electron chi connectivity index (χ2n) is 12.2. The molecule has 222 valence electrons. The van der Waals surface area contributed by atoms with Crippen LogP contribution in [0.25, 0.3) is 0 Å². The van der Waals surface area contributed by atoms with Gasteiger partial charge in [0.05, 0.1) is 10.8 Å². The molecule has 3 aliphatic rings. The van der Waals surface area contributed by atoms with Crippen LogP contribution in [0.1, 0.15) is 41.7 Å². The molecule has 10 nitrogen and oxygen atoms in total. The first kappa shape index (κ1) is 28.5. The number of amides is 4. The molecule has 3 heterocycles. The third-order valence-electron chi connectivity index (χ3n) is 8.97. The summed E-state index contributed by atoms with van der Waals surface area (Å²) in [5.41, 5.74) is 4.15. The van der Waals surface area contributed by atoms with E-state index in [1.807, 2.05) is 68.6 Å². The maximum Gasteiger partial charge on any atom is 0.244 e. The van der Waals surface area contributed by atoms with E-state index in [4.69, 9.17) is 0 Å². The molecule has 0 bridgehead atoms. The summed E-state index contributed by atoms with van der Waals surface area (Å²) in [5, 5.41) is 9.07. The maximum atomic E-state index is 13.9. The van der Waals surface area contributed by atoms with Gasteiger partial charge in [0.25, 0.3) is 0 Å². The summed E-state index contributed by atoms with van der Waals surface area (Å²) in [6.45, 7) is 4.78. The minimum atomic E-state index is -0.751. The van der Waals surface area contributed by atoms with Crippen molar-refractivity contribution in [1.82, 2.24) is 20.1 Å². The predicted molar refractivity (Wildman–Crippen MR) is 162 cm³/mol. The van der Waals surface area contributed by atoms with Gasteiger partial charge < -0.3 is 25.8 Å². The van der Waals surface area contributed by atoms with Gasteiger partial charge in [-0.1, -0.05) is 36.4 Å². The Bertz CT molecular complexity index is 1630. The number of rotatable bonds is 8. The summed E-state index contributed by atoms with van der Waals surface area (Å²) in [5.74, 6) is 0.0218. The summed E-state index contributed by atoms with van der Waals surface area (Å²) in [6.07, 6.45) is 2.77. The van der Waals surface area contributed by atoms with Gasteiger partial charge in [0, 0.05) is 50.6 Å². The van der Waals surface area contributed by atoms with E-state index in [1.54, 1.807) is 16.0 Å². The van der Waals surface area contributed by atoms with Gasteiger partial charge in [-0.3, -0.25) is 19.2 Å². The van der Waals surface area contributed by atoms with Gasteiger partial charge in [0.2, 0.25) is 23.6 Å². The van der Waals surface area contributed by atoms with E-state index in [9.17, 15) is 19.2 Å². The van der Waals surface area contributed by atoms with Gasteiger partial charge in [-0.15, -0.1) is 0 Å². The van der Waals surface area contributed by atoms with Crippen LogP contribution in [0.3, 0.4) is 0 Å². The highest BCUT2D eigenvalue weighted by molar-refractivity contribution is 6.06. The van der Waals surface area contributed by atoms with Crippen LogP contribution in [0.5, 0.6) is 0 Å². The lowest BCUT2D eigenvalue weighted by Crippen LogP contribution is -2.63. The van der Waals surface area contributed by atoms with Gasteiger partial charge >= 0.3 is 0 Å². The van der Waals surface area contributed by atoms with Crippen molar-refractivity contribution in [2.45, 2.75) is 45.2 Å². The molecule has 1 aliphatic carbocycles. The van der Waals surface area contributed by atoms with E-state index in [-0.39, 0.29) is 36.7 Å². The number of fused-ring (bicyclic) bond motifs is 3. The summed E-state index contributed by atoms with van der Waals surface area (Å²) in [6, 6.07) is 17.4. The monoisotopic (exact) mass is 580 g/mol. The van der Waals surface area contributed by atoms with Crippen LogP contribution < -0.4 is 16.0 Å². The molecule has 0 radical (unpaired) electrons. The largest absolute Gasteiger partial charge is 0.341 e. The van der Waals surface area contributed by atoms with Crippen LogP contribution in [-0.2, 0) is 50.5 Å². The SMILES string of the molecule is CNCc1ccccc1CN(CC(=O)Nc1ccc2c(c1)C[C@@]1(C2)C(=O)Nc2ncccc21)C(=O)C1(C)CN(C(C)=O)C1. The molecule has 3 aromatic rings. The maximum absolute atomic E-state index is 13.9. The zero-order valence-electron chi connectivity index (χ0n) is 24.7. The molecule has 1 fully saturated rings. The van der Waals surface area contributed by atoms with Crippen LogP contribution in [0.4, 0.5) is 11.5 Å². The fourth-order valence-corrected chi connectivity index (χ4v) is 6.73. The summed E-state index contributed by atoms with van der Waals surface area (Å²) >= 11 is 0. The number of aromatic nitrogens is 1. The second-order valence-corrected chi connectivity index (χ2v) is 12.2. The van der Waals surface area contributed by atoms with Gasteiger partial charge in [-0.25, -0.2) is 4.98 Å². The lowest BCUT2D eigenvalue weighted by molar-refractivity contribution is -0.159. The van der Waals surface area contributed by atoms with Crippen molar-refractivity contribution in [3.05, 3.63) is 88.6 Å². The topological polar surface area (TPSA) is 124 Å². The molecule has 2 aromatic carbocycles. The number of pyridine rings is 1. The number of nitrogens with one attached hydrogen (secondary N) is 3. The normalized spacial score (nSPS) is 19.3. The van der Waals surface area contributed by atoms with Gasteiger partial charge in [0.1, 0.15) is 12.4 Å². The van der Waals surface area contributed by atoms with Crippen molar-refractivity contribution in [1.29, 1.82) is 0 Å². The minimum Gasteiger partial charge on any atom is -0.341 e. The number of likely N-dealkylation sites (tertiary alicyclic amines) is 1. The molecular formula is C33H36N6O4. The Kier molecular flexibility index (Phi) is 7.25. The third-order valence-corrected chi connectivity index (χ3v) is 8.97. The molecular weight excluding hydrogens is 544 g/mol. The standard InChI is InChI=1S/C33H36N6O4/c1-21(40)39-19-32(2,20-39)31(43)38(17-24-8-5-4-7-23(24)16-34-3)18-28(41)36-26-11-10-22-14-33(15-25(22)13-26)27-9-6-12-35-29(27)37-30(33)42/h4-13,34H,14-20H2,1-3H3,(H,36,41)(H,35,37,42)/t33-/m1/s1. The fourth-order valence-electron chi connectivity index (χ4n) is 6.73. The predicted octanol–water partition coefficient (Wildman–Crippen LogP) is 2.63. The molecule has 2 aliphatic heterocycles. The van der Waals surface area contributed by atoms with Crippen molar-refractivity contribution >= 4 is 35.1 Å². The van der Waals surface area contributed by atoms with Crippen molar-refractivity contribution in [2.75, 3.05) is 37.3 Å². The average Bonchev–Trinajstić information content (AvgIpc) is 3.48. The number of carbonyl (C=O) groups is 4. The molecule has 4 amide bonds. The number of anilines is 2. The Balaban J connectivity index is 1.20. The lowest BCUT2D eigenvalue weighted by atomic mass is 9.79. The van der Waals surface area contributed by atoms with Crippen molar-refractivity contribution in [3.8, 4) is 0 Å². The smallest absolute Gasteiger partial charge is 0.244 e.